The molecule has 1 aliphatic carbocycles. The number of hydrogen-bond acceptors (Lipinski definition) is 0. The SMILES string of the molecule is c1ccc2c(c1)ccc1c3ccccc3c3c(c21)-c1c[nH]c2cccc-3c12. The fourth-order valence-electron chi connectivity index (χ4n) is 5.10. The second kappa shape index (κ2) is 4.57. The zero-order valence-electron chi connectivity index (χ0n) is 14.6. The molecule has 124 valence electrons. The fourth-order valence-corrected chi connectivity index (χ4v) is 5.10. The average Bonchev–Trinajstić information content (AvgIpc) is 3.31. The molecule has 0 radical (unpaired) electrons. The minimum absolute atomic E-state index is 1.22. The van der Waals surface area contributed by atoms with Gasteiger partial charge in [-0.1, -0.05) is 72.8 Å². The quantitative estimate of drug-likeness (QED) is 0.279. The Kier molecular flexibility index (Phi) is 2.30. The van der Waals surface area contributed by atoms with Crippen molar-refractivity contribution in [2.24, 2.45) is 0 Å². The molecule has 1 heterocycles. The van der Waals surface area contributed by atoms with Crippen molar-refractivity contribution in [3.63, 3.8) is 0 Å². The molecular weight excluding hydrogens is 326 g/mol. The predicted molar refractivity (Wildman–Crippen MR) is 115 cm³/mol. The first-order valence-electron chi connectivity index (χ1n) is 9.39. The molecule has 1 aliphatic rings. The highest BCUT2D eigenvalue weighted by Crippen LogP contribution is 2.54. The molecule has 0 aliphatic heterocycles. The molecule has 0 bridgehead atoms. The molecule has 0 saturated heterocycles. The molecule has 7 rings (SSSR count). The second-order valence-electron chi connectivity index (χ2n) is 7.44. The number of fused-ring (bicyclic) bond motifs is 10. The molecule has 1 heteroatoms. The molecule has 0 saturated carbocycles. The number of aromatic nitrogens is 1. The third-order valence-electron chi connectivity index (χ3n) is 6.16. The number of nitrogens with one attached hydrogen (secondary N) is 1. The van der Waals surface area contributed by atoms with Crippen molar-refractivity contribution in [2.75, 3.05) is 0 Å². The highest BCUT2D eigenvalue weighted by atomic mass is 14.7. The topological polar surface area (TPSA) is 15.8 Å². The Balaban J connectivity index is 1.88. The number of benzene rings is 5. The van der Waals surface area contributed by atoms with Crippen LogP contribution in [-0.2, 0) is 0 Å². The van der Waals surface area contributed by atoms with Crippen LogP contribution in [0.25, 0.3) is 65.5 Å². The van der Waals surface area contributed by atoms with E-state index in [0.717, 1.165) is 0 Å². The lowest BCUT2D eigenvalue weighted by Crippen LogP contribution is -1.88. The lowest BCUT2D eigenvalue weighted by atomic mass is 9.88. The van der Waals surface area contributed by atoms with Crippen LogP contribution in [0.2, 0.25) is 0 Å². The van der Waals surface area contributed by atoms with Gasteiger partial charge < -0.3 is 4.98 Å². The maximum absolute atomic E-state index is 3.48. The van der Waals surface area contributed by atoms with E-state index >= 15 is 0 Å². The summed E-state index contributed by atoms with van der Waals surface area (Å²) in [5, 5.41) is 9.38. The smallest absolute Gasteiger partial charge is 0.0466 e. The van der Waals surface area contributed by atoms with Crippen molar-refractivity contribution >= 4 is 43.2 Å². The molecule has 0 spiro atoms. The first-order valence-corrected chi connectivity index (χ1v) is 9.39. The van der Waals surface area contributed by atoms with Gasteiger partial charge in [0, 0.05) is 28.2 Å². The summed E-state index contributed by atoms with van der Waals surface area (Å²) < 4.78 is 0. The van der Waals surface area contributed by atoms with Gasteiger partial charge in [0.2, 0.25) is 0 Å². The van der Waals surface area contributed by atoms with E-state index in [1.807, 2.05) is 0 Å². The minimum atomic E-state index is 1.22. The normalized spacial score (nSPS) is 12.4. The molecule has 6 aromatic rings. The van der Waals surface area contributed by atoms with Gasteiger partial charge in [0.25, 0.3) is 0 Å². The lowest BCUT2D eigenvalue weighted by molar-refractivity contribution is 1.47. The van der Waals surface area contributed by atoms with Crippen LogP contribution in [-0.4, -0.2) is 4.98 Å². The molecule has 1 N–H and O–H groups in total. The van der Waals surface area contributed by atoms with Gasteiger partial charge in [0.1, 0.15) is 0 Å². The van der Waals surface area contributed by atoms with Crippen molar-refractivity contribution in [1.29, 1.82) is 0 Å². The summed E-state index contributed by atoms with van der Waals surface area (Å²) in [4.78, 5) is 3.48. The second-order valence-corrected chi connectivity index (χ2v) is 7.44. The number of rotatable bonds is 0. The molecule has 0 amide bonds. The van der Waals surface area contributed by atoms with Gasteiger partial charge in [-0.25, -0.2) is 0 Å². The molecule has 27 heavy (non-hydrogen) atoms. The highest BCUT2D eigenvalue weighted by molar-refractivity contribution is 6.34. The molecule has 5 aromatic carbocycles. The van der Waals surface area contributed by atoms with Gasteiger partial charge in [0.15, 0.2) is 0 Å². The van der Waals surface area contributed by atoms with E-state index in [1.54, 1.807) is 0 Å². The lowest BCUT2D eigenvalue weighted by Gasteiger charge is -2.15. The van der Waals surface area contributed by atoms with E-state index in [0.29, 0.717) is 0 Å². The molecule has 1 nitrogen and oxygen atoms in total. The largest absolute Gasteiger partial charge is 0.361 e. The number of aromatic amines is 1. The van der Waals surface area contributed by atoms with Crippen LogP contribution in [0.5, 0.6) is 0 Å². The summed E-state index contributed by atoms with van der Waals surface area (Å²) in [5.74, 6) is 0. The van der Waals surface area contributed by atoms with Crippen molar-refractivity contribution in [2.45, 2.75) is 0 Å². The van der Waals surface area contributed by atoms with E-state index in [2.05, 4.69) is 90.0 Å². The van der Waals surface area contributed by atoms with E-state index in [-0.39, 0.29) is 0 Å². The zero-order chi connectivity index (χ0) is 17.5. The van der Waals surface area contributed by atoms with Gasteiger partial charge in [0.05, 0.1) is 0 Å². The van der Waals surface area contributed by atoms with E-state index in [9.17, 15) is 0 Å². The van der Waals surface area contributed by atoms with Gasteiger partial charge in [-0.2, -0.15) is 0 Å². The van der Waals surface area contributed by atoms with E-state index in [1.165, 1.54) is 65.5 Å². The monoisotopic (exact) mass is 341 g/mol. The summed E-state index contributed by atoms with van der Waals surface area (Å²) in [7, 11) is 0. The Morgan fingerprint density at radius 2 is 1.30 bits per heavy atom. The Hall–Kier alpha value is -3.58. The van der Waals surface area contributed by atoms with Crippen LogP contribution in [0.15, 0.2) is 85.1 Å². The summed E-state index contributed by atoms with van der Waals surface area (Å²) in [6.07, 6.45) is 2.19. The Bertz CT molecular complexity index is 1560. The molecular formula is C26H15N. The van der Waals surface area contributed by atoms with E-state index in [4.69, 9.17) is 0 Å². The summed E-state index contributed by atoms with van der Waals surface area (Å²) in [5.41, 5.74) is 6.68. The van der Waals surface area contributed by atoms with Crippen LogP contribution in [0.3, 0.4) is 0 Å². The maximum atomic E-state index is 3.48. The van der Waals surface area contributed by atoms with Crippen LogP contribution in [0.4, 0.5) is 0 Å². The van der Waals surface area contributed by atoms with Gasteiger partial charge >= 0.3 is 0 Å². The van der Waals surface area contributed by atoms with Crippen LogP contribution >= 0.6 is 0 Å². The van der Waals surface area contributed by atoms with Gasteiger partial charge in [-0.3, -0.25) is 0 Å². The minimum Gasteiger partial charge on any atom is -0.361 e. The maximum Gasteiger partial charge on any atom is 0.0466 e. The Labute approximate surface area is 155 Å². The standard InChI is InChI=1S/C26H15N/c1-2-7-16-15(6-1)12-13-19-17-8-3-4-9-18(17)25-20-10-5-11-22-23(20)21(14-27-22)26(25)24(16)19/h1-14,27H. The van der Waals surface area contributed by atoms with Crippen LogP contribution in [0, 0.1) is 0 Å². The summed E-state index contributed by atoms with van der Waals surface area (Å²) >= 11 is 0. The predicted octanol–water partition coefficient (Wildman–Crippen LogP) is 7.27. The van der Waals surface area contributed by atoms with Crippen molar-refractivity contribution in [1.82, 2.24) is 4.98 Å². The van der Waals surface area contributed by atoms with Gasteiger partial charge in [-0.05, 0) is 49.5 Å². The Morgan fingerprint density at radius 1 is 0.481 bits per heavy atom. The van der Waals surface area contributed by atoms with Gasteiger partial charge in [-0.15, -0.1) is 0 Å². The number of H-pyrrole nitrogens is 1. The van der Waals surface area contributed by atoms with Crippen LogP contribution in [0.1, 0.15) is 0 Å². The highest BCUT2D eigenvalue weighted by Gasteiger charge is 2.27. The molecule has 0 fully saturated rings. The first-order chi connectivity index (χ1) is 13.4. The molecule has 1 aromatic heterocycles. The summed E-state index contributed by atoms with van der Waals surface area (Å²) in [6.45, 7) is 0. The van der Waals surface area contributed by atoms with Crippen molar-refractivity contribution in [3.05, 3.63) is 85.1 Å². The van der Waals surface area contributed by atoms with Crippen molar-refractivity contribution < 1.29 is 0 Å². The Morgan fingerprint density at radius 3 is 2.22 bits per heavy atom. The molecule has 0 atom stereocenters. The van der Waals surface area contributed by atoms with Crippen LogP contribution < -0.4 is 0 Å². The third-order valence-corrected chi connectivity index (χ3v) is 6.16. The molecule has 0 unspecified atom stereocenters. The summed E-state index contributed by atoms with van der Waals surface area (Å²) in [6, 6.07) is 28.8. The number of hydrogen-bond donors (Lipinski definition) is 1. The third kappa shape index (κ3) is 1.52. The average molecular weight is 341 g/mol. The first kappa shape index (κ1) is 13.6. The van der Waals surface area contributed by atoms with E-state index < -0.39 is 0 Å². The fraction of sp³-hybridized carbons (Fsp3) is 0. The van der Waals surface area contributed by atoms with Crippen molar-refractivity contribution in [3.8, 4) is 22.3 Å². The zero-order valence-corrected chi connectivity index (χ0v) is 14.6.